The lowest BCUT2D eigenvalue weighted by molar-refractivity contribution is -0.116. The molecule has 1 aromatic rings. The van der Waals surface area contributed by atoms with E-state index in [-0.39, 0.29) is 5.91 Å². The van der Waals surface area contributed by atoms with Gasteiger partial charge in [0, 0.05) is 6.54 Å². The SMILES string of the molecule is C(OCC1CO1)C1CO1.C=CC(=O)NCc1cc(C)ccc1C. The fraction of sp³-hybridized carbons (Fsp3) is 0.500. The molecule has 1 N–H and O–H groups in total. The summed E-state index contributed by atoms with van der Waals surface area (Å²) in [5.41, 5.74) is 3.55. The molecule has 0 aromatic heterocycles. The van der Waals surface area contributed by atoms with Crippen molar-refractivity contribution in [3.8, 4) is 0 Å². The van der Waals surface area contributed by atoms with Gasteiger partial charge in [-0.2, -0.15) is 0 Å². The van der Waals surface area contributed by atoms with E-state index < -0.39 is 0 Å². The summed E-state index contributed by atoms with van der Waals surface area (Å²) >= 11 is 0. The maximum atomic E-state index is 11.0. The maximum Gasteiger partial charge on any atom is 0.243 e. The number of rotatable bonds is 7. The Bertz CT molecular complexity index is 524. The Balaban J connectivity index is 0.000000182. The molecule has 5 heteroatoms. The van der Waals surface area contributed by atoms with Crippen LogP contribution in [0.25, 0.3) is 0 Å². The standard InChI is InChI=1S/C12H15NO.C6H10O3/c1-4-12(14)13-8-11-7-9(2)5-6-10(11)3;1(5-3-8-5)7-2-6-4-9-6/h4-7H,1,8H2,2-3H3,(H,13,14);5-6H,1-4H2. The molecule has 2 heterocycles. The van der Waals surface area contributed by atoms with Crippen LogP contribution in [0.4, 0.5) is 0 Å². The van der Waals surface area contributed by atoms with Crippen molar-refractivity contribution < 1.29 is 19.0 Å². The van der Waals surface area contributed by atoms with E-state index in [4.69, 9.17) is 14.2 Å². The summed E-state index contributed by atoms with van der Waals surface area (Å²) in [5, 5.41) is 2.76. The van der Waals surface area contributed by atoms with Crippen molar-refractivity contribution in [2.45, 2.75) is 32.6 Å². The minimum absolute atomic E-state index is 0.133. The van der Waals surface area contributed by atoms with Crippen LogP contribution in [0.2, 0.25) is 0 Å². The Hall–Kier alpha value is -1.69. The van der Waals surface area contributed by atoms with E-state index in [9.17, 15) is 4.79 Å². The van der Waals surface area contributed by atoms with Gasteiger partial charge < -0.3 is 19.5 Å². The highest BCUT2D eigenvalue weighted by Crippen LogP contribution is 2.12. The first-order valence-electron chi connectivity index (χ1n) is 7.86. The number of carbonyl (C=O) groups excluding carboxylic acids is 1. The van der Waals surface area contributed by atoms with Gasteiger partial charge in [0.2, 0.25) is 5.91 Å². The van der Waals surface area contributed by atoms with Crippen LogP contribution in [0.3, 0.4) is 0 Å². The molecule has 0 radical (unpaired) electrons. The summed E-state index contributed by atoms with van der Waals surface area (Å²) in [6.07, 6.45) is 2.07. The second-order valence-electron chi connectivity index (χ2n) is 5.80. The van der Waals surface area contributed by atoms with Crippen LogP contribution >= 0.6 is 0 Å². The third-order valence-corrected chi connectivity index (χ3v) is 3.56. The van der Waals surface area contributed by atoms with E-state index in [1.165, 1.54) is 17.2 Å². The van der Waals surface area contributed by atoms with Gasteiger partial charge >= 0.3 is 0 Å². The number of nitrogens with one attached hydrogen (secondary N) is 1. The van der Waals surface area contributed by atoms with Crippen LogP contribution in [0.5, 0.6) is 0 Å². The van der Waals surface area contributed by atoms with Gasteiger partial charge in [-0.25, -0.2) is 0 Å². The van der Waals surface area contributed by atoms with E-state index in [1.54, 1.807) is 0 Å². The number of epoxide rings is 2. The molecular weight excluding hydrogens is 294 g/mol. The number of hydrogen-bond donors (Lipinski definition) is 1. The Labute approximate surface area is 137 Å². The largest absolute Gasteiger partial charge is 0.376 e. The second kappa shape index (κ2) is 8.82. The first kappa shape index (κ1) is 17.7. The normalized spacial score (nSPS) is 21.0. The van der Waals surface area contributed by atoms with E-state index in [0.29, 0.717) is 18.8 Å². The van der Waals surface area contributed by atoms with Crippen molar-refractivity contribution in [1.29, 1.82) is 0 Å². The van der Waals surface area contributed by atoms with Crippen molar-refractivity contribution in [1.82, 2.24) is 5.32 Å². The predicted molar refractivity (Wildman–Crippen MR) is 88.3 cm³/mol. The topological polar surface area (TPSA) is 63.4 Å². The second-order valence-corrected chi connectivity index (χ2v) is 5.80. The van der Waals surface area contributed by atoms with Crippen LogP contribution in [-0.4, -0.2) is 44.5 Å². The zero-order chi connectivity index (χ0) is 16.7. The molecular formula is C18H25NO4. The monoisotopic (exact) mass is 319 g/mol. The molecule has 2 aliphatic rings. The number of hydrogen-bond acceptors (Lipinski definition) is 4. The van der Waals surface area contributed by atoms with Crippen LogP contribution in [0.1, 0.15) is 16.7 Å². The molecule has 1 aromatic carbocycles. The van der Waals surface area contributed by atoms with Gasteiger partial charge in [0.05, 0.1) is 26.4 Å². The van der Waals surface area contributed by atoms with Gasteiger partial charge in [0.25, 0.3) is 0 Å². The van der Waals surface area contributed by atoms with Crippen molar-refractivity contribution in [3.05, 3.63) is 47.5 Å². The summed E-state index contributed by atoms with van der Waals surface area (Å²) in [4.78, 5) is 11.0. The van der Waals surface area contributed by atoms with E-state index in [2.05, 4.69) is 30.1 Å². The number of carbonyl (C=O) groups is 1. The molecule has 0 aliphatic carbocycles. The molecule has 1 amide bonds. The highest BCUT2D eigenvalue weighted by atomic mass is 16.6. The van der Waals surface area contributed by atoms with Gasteiger partial charge in [-0.05, 0) is 31.1 Å². The first-order valence-corrected chi connectivity index (χ1v) is 7.86. The van der Waals surface area contributed by atoms with Crippen LogP contribution in [0, 0.1) is 13.8 Å². The molecule has 0 bridgehead atoms. The highest BCUT2D eigenvalue weighted by molar-refractivity contribution is 5.86. The lowest BCUT2D eigenvalue weighted by atomic mass is 10.1. The van der Waals surface area contributed by atoms with Gasteiger partial charge in [0.1, 0.15) is 12.2 Å². The minimum Gasteiger partial charge on any atom is -0.376 e. The fourth-order valence-electron chi connectivity index (χ4n) is 1.90. The predicted octanol–water partition coefficient (Wildman–Crippen LogP) is 1.91. The smallest absolute Gasteiger partial charge is 0.243 e. The molecule has 5 nitrogen and oxygen atoms in total. The molecule has 2 saturated heterocycles. The summed E-state index contributed by atoms with van der Waals surface area (Å²) in [5.74, 6) is -0.133. The molecule has 2 atom stereocenters. The fourth-order valence-corrected chi connectivity index (χ4v) is 1.90. The number of amides is 1. The highest BCUT2D eigenvalue weighted by Gasteiger charge is 2.26. The molecule has 0 spiro atoms. The van der Waals surface area contributed by atoms with Crippen LogP contribution < -0.4 is 5.32 Å². The lowest BCUT2D eigenvalue weighted by Crippen LogP contribution is -2.20. The number of aryl methyl sites for hydroxylation is 2. The summed E-state index contributed by atoms with van der Waals surface area (Å²) in [6.45, 7) is 11.3. The zero-order valence-electron chi connectivity index (χ0n) is 13.8. The molecule has 126 valence electrons. The average Bonchev–Trinajstić information content (AvgIpc) is 3.43. The molecule has 2 unspecified atom stereocenters. The van der Waals surface area contributed by atoms with E-state index in [0.717, 1.165) is 32.0 Å². The quantitative estimate of drug-likeness (QED) is 0.616. The van der Waals surface area contributed by atoms with Crippen molar-refractivity contribution in [3.63, 3.8) is 0 Å². The summed E-state index contributed by atoms with van der Waals surface area (Å²) in [7, 11) is 0. The van der Waals surface area contributed by atoms with Gasteiger partial charge in [0.15, 0.2) is 0 Å². The first-order chi connectivity index (χ1) is 11.1. The van der Waals surface area contributed by atoms with Crippen molar-refractivity contribution in [2.75, 3.05) is 26.4 Å². The lowest BCUT2D eigenvalue weighted by Gasteiger charge is -2.07. The van der Waals surface area contributed by atoms with Gasteiger partial charge in [-0.1, -0.05) is 30.3 Å². The Kier molecular flexibility index (Phi) is 6.77. The van der Waals surface area contributed by atoms with E-state index in [1.807, 2.05) is 13.8 Å². The van der Waals surface area contributed by atoms with Gasteiger partial charge in [-0.3, -0.25) is 4.79 Å². The number of ether oxygens (including phenoxy) is 3. The van der Waals surface area contributed by atoms with E-state index >= 15 is 0 Å². The molecule has 2 fully saturated rings. The number of benzene rings is 1. The van der Waals surface area contributed by atoms with Crippen molar-refractivity contribution >= 4 is 5.91 Å². The van der Waals surface area contributed by atoms with Gasteiger partial charge in [-0.15, -0.1) is 0 Å². The molecule has 3 rings (SSSR count). The molecule has 2 aliphatic heterocycles. The Morgan fingerprint density at radius 3 is 2.43 bits per heavy atom. The average molecular weight is 319 g/mol. The molecule has 0 saturated carbocycles. The summed E-state index contributed by atoms with van der Waals surface area (Å²) in [6, 6.07) is 6.21. The zero-order valence-corrected chi connectivity index (χ0v) is 13.8. The maximum absolute atomic E-state index is 11.0. The molecule has 23 heavy (non-hydrogen) atoms. The third-order valence-electron chi connectivity index (χ3n) is 3.56. The Morgan fingerprint density at radius 1 is 1.30 bits per heavy atom. The van der Waals surface area contributed by atoms with Crippen LogP contribution in [0.15, 0.2) is 30.9 Å². The third kappa shape index (κ3) is 7.41. The summed E-state index contributed by atoms with van der Waals surface area (Å²) < 4.78 is 15.1. The Morgan fingerprint density at radius 2 is 1.91 bits per heavy atom. The minimum atomic E-state index is -0.133. The van der Waals surface area contributed by atoms with Crippen molar-refractivity contribution in [2.24, 2.45) is 0 Å². The van der Waals surface area contributed by atoms with Crippen LogP contribution in [-0.2, 0) is 25.5 Å².